The molecule has 3 rings (SSSR count). The molecule has 1 aromatic heterocycles. The van der Waals surface area contributed by atoms with Crippen LogP contribution in [0.15, 0.2) is 60.9 Å². The van der Waals surface area contributed by atoms with Crippen LogP contribution in [-0.2, 0) is 6.42 Å². The summed E-state index contributed by atoms with van der Waals surface area (Å²) >= 11 is 0. The molecule has 0 atom stereocenters. The van der Waals surface area contributed by atoms with Crippen LogP contribution in [0.25, 0.3) is 0 Å². The minimum atomic E-state index is 0.805. The molecule has 0 aliphatic heterocycles. The predicted molar refractivity (Wildman–Crippen MR) is 111 cm³/mol. The first-order valence-corrected chi connectivity index (χ1v) is 9.22. The van der Waals surface area contributed by atoms with E-state index in [0.717, 1.165) is 42.6 Å². The second-order valence-corrected chi connectivity index (χ2v) is 6.37. The molecule has 0 amide bonds. The second kappa shape index (κ2) is 9.03. The Kier molecular flexibility index (Phi) is 6.26. The van der Waals surface area contributed by atoms with E-state index in [4.69, 9.17) is 4.74 Å². The maximum absolute atomic E-state index is 5.20. The summed E-state index contributed by atoms with van der Waals surface area (Å²) in [5, 5.41) is 3.39. The molecular formula is C22H26N4O. The minimum Gasteiger partial charge on any atom is -0.497 e. The largest absolute Gasteiger partial charge is 0.497 e. The number of benzene rings is 2. The first-order valence-electron chi connectivity index (χ1n) is 9.22. The molecule has 0 saturated carbocycles. The van der Waals surface area contributed by atoms with Crippen LogP contribution in [-0.4, -0.2) is 30.2 Å². The van der Waals surface area contributed by atoms with Gasteiger partial charge in [-0.25, -0.2) is 9.97 Å². The molecule has 0 aliphatic rings. The van der Waals surface area contributed by atoms with Crippen LogP contribution in [0.4, 0.5) is 17.3 Å². The summed E-state index contributed by atoms with van der Waals surface area (Å²) in [4.78, 5) is 11.0. The van der Waals surface area contributed by atoms with Crippen LogP contribution in [0.1, 0.15) is 18.1 Å². The Bertz CT molecular complexity index is 864. The lowest BCUT2D eigenvalue weighted by Gasteiger charge is -2.22. The molecule has 0 bridgehead atoms. The van der Waals surface area contributed by atoms with Crippen LogP contribution >= 0.6 is 0 Å². The molecule has 1 heterocycles. The van der Waals surface area contributed by atoms with Crippen LogP contribution in [0, 0.1) is 6.92 Å². The third kappa shape index (κ3) is 4.97. The maximum Gasteiger partial charge on any atom is 0.138 e. The Morgan fingerprint density at radius 1 is 1.04 bits per heavy atom. The average molecular weight is 362 g/mol. The zero-order chi connectivity index (χ0) is 19.1. The monoisotopic (exact) mass is 362 g/mol. The van der Waals surface area contributed by atoms with E-state index in [2.05, 4.69) is 70.4 Å². The number of methoxy groups -OCH3 is 1. The van der Waals surface area contributed by atoms with Crippen LogP contribution < -0.4 is 15.0 Å². The van der Waals surface area contributed by atoms with E-state index >= 15 is 0 Å². The number of hydrogen-bond acceptors (Lipinski definition) is 5. The number of rotatable bonds is 8. The summed E-state index contributed by atoms with van der Waals surface area (Å²) < 4.78 is 5.20. The Hall–Kier alpha value is -3.08. The Morgan fingerprint density at radius 3 is 2.56 bits per heavy atom. The van der Waals surface area contributed by atoms with Crippen molar-refractivity contribution in [2.45, 2.75) is 20.3 Å². The fourth-order valence-corrected chi connectivity index (χ4v) is 2.99. The molecule has 0 aliphatic carbocycles. The fourth-order valence-electron chi connectivity index (χ4n) is 2.99. The number of nitrogens with zero attached hydrogens (tertiary/aromatic N) is 3. The zero-order valence-corrected chi connectivity index (χ0v) is 16.1. The summed E-state index contributed by atoms with van der Waals surface area (Å²) in [6.07, 6.45) is 2.53. The van der Waals surface area contributed by atoms with Gasteiger partial charge in [-0.3, -0.25) is 0 Å². The van der Waals surface area contributed by atoms with Gasteiger partial charge in [-0.15, -0.1) is 0 Å². The lowest BCUT2D eigenvalue weighted by molar-refractivity contribution is 0.414. The van der Waals surface area contributed by atoms with Crippen molar-refractivity contribution in [2.75, 3.05) is 30.4 Å². The third-order valence-corrected chi connectivity index (χ3v) is 4.44. The molecule has 0 radical (unpaired) electrons. The number of aromatic nitrogens is 2. The molecule has 0 fully saturated rings. The zero-order valence-electron chi connectivity index (χ0n) is 16.1. The van der Waals surface area contributed by atoms with Crippen LogP contribution in [0.2, 0.25) is 0 Å². The van der Waals surface area contributed by atoms with Gasteiger partial charge in [0.05, 0.1) is 7.11 Å². The van der Waals surface area contributed by atoms with Crippen molar-refractivity contribution in [3.63, 3.8) is 0 Å². The van der Waals surface area contributed by atoms with Crippen molar-refractivity contribution in [1.29, 1.82) is 0 Å². The van der Waals surface area contributed by atoms with E-state index in [0.29, 0.717) is 0 Å². The van der Waals surface area contributed by atoms with Gasteiger partial charge < -0.3 is 15.0 Å². The molecule has 0 saturated heterocycles. The van der Waals surface area contributed by atoms with Gasteiger partial charge >= 0.3 is 0 Å². The molecule has 3 aromatic rings. The molecule has 27 heavy (non-hydrogen) atoms. The molecule has 1 N–H and O–H groups in total. The van der Waals surface area contributed by atoms with Crippen molar-refractivity contribution in [1.82, 2.24) is 9.97 Å². The molecule has 5 nitrogen and oxygen atoms in total. The minimum absolute atomic E-state index is 0.805. The molecule has 140 valence electrons. The SMILES string of the molecule is CCN(c1cccc(C)c1)c1cc(NCCc2ccc(OC)cc2)ncn1. The highest BCUT2D eigenvalue weighted by Gasteiger charge is 2.10. The van der Waals surface area contributed by atoms with Crippen molar-refractivity contribution in [3.05, 3.63) is 72.1 Å². The number of anilines is 3. The number of aryl methyl sites for hydroxylation is 1. The summed E-state index contributed by atoms with van der Waals surface area (Å²) in [5.41, 5.74) is 3.63. The van der Waals surface area contributed by atoms with E-state index < -0.39 is 0 Å². The van der Waals surface area contributed by atoms with Crippen LogP contribution in [0.5, 0.6) is 5.75 Å². The quantitative estimate of drug-likeness (QED) is 0.634. The second-order valence-electron chi connectivity index (χ2n) is 6.37. The normalized spacial score (nSPS) is 10.5. The summed E-state index contributed by atoms with van der Waals surface area (Å²) in [7, 11) is 1.68. The highest BCUT2D eigenvalue weighted by atomic mass is 16.5. The van der Waals surface area contributed by atoms with E-state index in [1.165, 1.54) is 11.1 Å². The number of nitrogens with one attached hydrogen (secondary N) is 1. The number of ether oxygens (including phenoxy) is 1. The molecule has 2 aromatic carbocycles. The van der Waals surface area contributed by atoms with Crippen molar-refractivity contribution in [3.8, 4) is 5.75 Å². The van der Waals surface area contributed by atoms with Gasteiger partial charge in [0, 0.05) is 24.8 Å². The van der Waals surface area contributed by atoms with Gasteiger partial charge in [0.1, 0.15) is 23.7 Å². The predicted octanol–water partition coefficient (Wildman–Crippen LogP) is 4.61. The summed E-state index contributed by atoms with van der Waals surface area (Å²) in [5.74, 6) is 2.60. The Morgan fingerprint density at radius 2 is 1.85 bits per heavy atom. The molecule has 5 heteroatoms. The summed E-state index contributed by atoms with van der Waals surface area (Å²) in [6, 6.07) is 18.6. The average Bonchev–Trinajstić information content (AvgIpc) is 2.70. The molecule has 0 spiro atoms. The van der Waals surface area contributed by atoms with E-state index in [-0.39, 0.29) is 0 Å². The topological polar surface area (TPSA) is 50.3 Å². The van der Waals surface area contributed by atoms with Crippen molar-refractivity contribution >= 4 is 17.3 Å². The smallest absolute Gasteiger partial charge is 0.138 e. The van der Waals surface area contributed by atoms with Gasteiger partial charge in [-0.05, 0) is 55.7 Å². The first kappa shape index (κ1) is 18.7. The van der Waals surface area contributed by atoms with Gasteiger partial charge in [0.2, 0.25) is 0 Å². The molecular weight excluding hydrogens is 336 g/mol. The van der Waals surface area contributed by atoms with Gasteiger partial charge in [0.25, 0.3) is 0 Å². The van der Waals surface area contributed by atoms with E-state index in [9.17, 15) is 0 Å². The lowest BCUT2D eigenvalue weighted by atomic mass is 10.1. The van der Waals surface area contributed by atoms with Gasteiger partial charge in [-0.1, -0.05) is 24.3 Å². The first-order chi connectivity index (χ1) is 13.2. The number of hydrogen-bond donors (Lipinski definition) is 1. The lowest BCUT2D eigenvalue weighted by Crippen LogP contribution is -2.18. The van der Waals surface area contributed by atoms with Gasteiger partial charge in [-0.2, -0.15) is 0 Å². The highest BCUT2D eigenvalue weighted by Crippen LogP contribution is 2.25. The Balaban J connectivity index is 1.65. The van der Waals surface area contributed by atoms with E-state index in [1.807, 2.05) is 18.2 Å². The maximum atomic E-state index is 5.20. The van der Waals surface area contributed by atoms with Crippen molar-refractivity contribution in [2.24, 2.45) is 0 Å². The van der Waals surface area contributed by atoms with Gasteiger partial charge in [0.15, 0.2) is 0 Å². The van der Waals surface area contributed by atoms with Crippen molar-refractivity contribution < 1.29 is 4.74 Å². The Labute approximate surface area is 161 Å². The van der Waals surface area contributed by atoms with E-state index in [1.54, 1.807) is 13.4 Å². The van der Waals surface area contributed by atoms with Crippen LogP contribution in [0.3, 0.4) is 0 Å². The standard InChI is InChI=1S/C22H26N4O/c1-4-26(19-7-5-6-17(2)14-19)22-15-21(24-16-25-22)23-13-12-18-8-10-20(27-3)11-9-18/h5-11,14-16H,4,12-13H2,1-3H3,(H,23,24,25). The fraction of sp³-hybridized carbons (Fsp3) is 0.273. The third-order valence-electron chi connectivity index (χ3n) is 4.44. The molecule has 0 unspecified atom stereocenters. The summed E-state index contributed by atoms with van der Waals surface area (Å²) in [6.45, 7) is 5.87. The highest BCUT2D eigenvalue weighted by molar-refractivity contribution is 5.62.